The van der Waals surface area contributed by atoms with Gasteiger partial charge in [-0.1, -0.05) is 22.0 Å². The van der Waals surface area contributed by atoms with Crippen LogP contribution < -0.4 is 11.1 Å². The Bertz CT molecular complexity index is 686. The summed E-state index contributed by atoms with van der Waals surface area (Å²) in [6, 6.07) is 8.00. The number of nitrogens with two attached hydrogens (primary N) is 1. The molecule has 0 heterocycles. The van der Waals surface area contributed by atoms with E-state index in [0.717, 1.165) is 4.47 Å². The molecule has 0 aliphatic heterocycles. The largest absolute Gasteiger partial charge is 0.398 e. The number of hydrogen-bond donors (Lipinski definition) is 2. The summed E-state index contributed by atoms with van der Waals surface area (Å²) in [5.74, 6) is -0.669. The van der Waals surface area contributed by atoms with Gasteiger partial charge in [0.25, 0.3) is 5.91 Å². The maximum atomic E-state index is 13.5. The first-order valence-electron chi connectivity index (χ1n) is 6.02. The van der Waals surface area contributed by atoms with Crippen LogP contribution in [0.2, 0.25) is 0 Å². The topological polar surface area (TPSA) is 55.1 Å². The summed E-state index contributed by atoms with van der Waals surface area (Å²) >= 11 is 3.31. The molecule has 0 aromatic heterocycles. The predicted octanol–water partition coefficient (Wildman–Crippen LogP) is 4.04. The summed E-state index contributed by atoms with van der Waals surface area (Å²) in [5.41, 5.74) is 8.37. The molecule has 0 atom stereocenters. The van der Waals surface area contributed by atoms with Crippen LogP contribution >= 0.6 is 15.9 Å². The Hall–Kier alpha value is -1.88. The lowest BCUT2D eigenvalue weighted by Gasteiger charge is -2.12. The highest BCUT2D eigenvalue weighted by Crippen LogP contribution is 2.24. The molecule has 0 bridgehead atoms. The molecular weight excluding hydrogens is 323 g/mol. The van der Waals surface area contributed by atoms with Crippen molar-refractivity contribution in [1.82, 2.24) is 0 Å². The van der Waals surface area contributed by atoms with Gasteiger partial charge in [-0.2, -0.15) is 0 Å². The number of nitrogen functional groups attached to an aromatic ring is 1. The monoisotopic (exact) mass is 336 g/mol. The van der Waals surface area contributed by atoms with Crippen molar-refractivity contribution in [2.24, 2.45) is 0 Å². The highest BCUT2D eigenvalue weighted by atomic mass is 79.9. The molecule has 2 aromatic carbocycles. The van der Waals surface area contributed by atoms with E-state index in [1.54, 1.807) is 38.1 Å². The van der Waals surface area contributed by atoms with Crippen molar-refractivity contribution in [1.29, 1.82) is 0 Å². The fraction of sp³-hybridized carbons (Fsp3) is 0.133. The molecule has 1 amide bonds. The van der Waals surface area contributed by atoms with Crippen LogP contribution in [0.3, 0.4) is 0 Å². The van der Waals surface area contributed by atoms with Crippen molar-refractivity contribution >= 4 is 33.2 Å². The van der Waals surface area contributed by atoms with E-state index in [2.05, 4.69) is 21.2 Å². The van der Waals surface area contributed by atoms with Crippen molar-refractivity contribution in [2.45, 2.75) is 13.8 Å². The normalized spacial score (nSPS) is 10.4. The lowest BCUT2D eigenvalue weighted by Crippen LogP contribution is -2.15. The summed E-state index contributed by atoms with van der Waals surface area (Å²) < 4.78 is 14.2. The number of carbonyl (C=O) groups excluding carboxylic acids is 1. The van der Waals surface area contributed by atoms with Gasteiger partial charge in [-0.15, -0.1) is 0 Å². The van der Waals surface area contributed by atoms with Crippen LogP contribution in [0.15, 0.2) is 34.8 Å². The van der Waals surface area contributed by atoms with Gasteiger partial charge in [-0.05, 0) is 43.7 Å². The minimum Gasteiger partial charge on any atom is -0.398 e. The fourth-order valence-electron chi connectivity index (χ4n) is 1.87. The molecule has 20 heavy (non-hydrogen) atoms. The van der Waals surface area contributed by atoms with E-state index >= 15 is 0 Å². The van der Waals surface area contributed by atoms with Gasteiger partial charge in [-0.25, -0.2) is 4.39 Å². The molecule has 0 aliphatic carbocycles. The van der Waals surface area contributed by atoms with Gasteiger partial charge in [0.1, 0.15) is 5.82 Å². The van der Waals surface area contributed by atoms with Crippen LogP contribution in [-0.2, 0) is 0 Å². The molecule has 0 fully saturated rings. The Kier molecular flexibility index (Phi) is 4.09. The summed E-state index contributed by atoms with van der Waals surface area (Å²) in [6.45, 7) is 3.39. The standard InChI is InChI=1S/C15H14BrFN2O/c1-8-11(6-10(16)7-13(8)18)15(20)19-14-5-3-4-12(17)9(14)2/h3-7H,18H2,1-2H3,(H,19,20). The molecule has 0 radical (unpaired) electrons. The number of benzene rings is 2. The van der Waals surface area contributed by atoms with Crippen LogP contribution in [0.1, 0.15) is 21.5 Å². The first-order valence-corrected chi connectivity index (χ1v) is 6.81. The van der Waals surface area contributed by atoms with Crippen LogP contribution in [0.5, 0.6) is 0 Å². The van der Waals surface area contributed by atoms with Crippen LogP contribution in [-0.4, -0.2) is 5.91 Å². The van der Waals surface area contributed by atoms with Crippen molar-refractivity contribution < 1.29 is 9.18 Å². The zero-order valence-electron chi connectivity index (χ0n) is 11.1. The van der Waals surface area contributed by atoms with E-state index in [4.69, 9.17) is 5.73 Å². The van der Waals surface area contributed by atoms with E-state index in [0.29, 0.717) is 28.1 Å². The Morgan fingerprint density at radius 3 is 2.65 bits per heavy atom. The Labute approximate surface area is 125 Å². The molecule has 3 N–H and O–H groups in total. The SMILES string of the molecule is Cc1c(F)cccc1NC(=O)c1cc(Br)cc(N)c1C. The van der Waals surface area contributed by atoms with Crippen molar-refractivity contribution in [3.05, 3.63) is 57.3 Å². The van der Waals surface area contributed by atoms with Gasteiger partial charge >= 0.3 is 0 Å². The molecule has 3 nitrogen and oxygen atoms in total. The predicted molar refractivity (Wildman–Crippen MR) is 82.4 cm³/mol. The molecule has 0 aliphatic rings. The number of halogens is 2. The van der Waals surface area contributed by atoms with Crippen LogP contribution in [0, 0.1) is 19.7 Å². The number of carbonyl (C=O) groups is 1. The first kappa shape index (κ1) is 14.5. The zero-order valence-corrected chi connectivity index (χ0v) is 12.7. The molecule has 0 unspecified atom stereocenters. The van der Waals surface area contributed by atoms with Gasteiger partial charge in [0.15, 0.2) is 0 Å². The fourth-order valence-corrected chi connectivity index (χ4v) is 2.34. The lowest BCUT2D eigenvalue weighted by atomic mass is 10.1. The van der Waals surface area contributed by atoms with Gasteiger partial charge in [-0.3, -0.25) is 4.79 Å². The van der Waals surface area contributed by atoms with Crippen molar-refractivity contribution in [3.63, 3.8) is 0 Å². The second kappa shape index (κ2) is 5.63. The number of hydrogen-bond acceptors (Lipinski definition) is 2. The number of rotatable bonds is 2. The molecule has 0 spiro atoms. The maximum Gasteiger partial charge on any atom is 0.256 e. The lowest BCUT2D eigenvalue weighted by molar-refractivity contribution is 0.102. The summed E-state index contributed by atoms with van der Waals surface area (Å²) in [7, 11) is 0. The third-order valence-electron chi connectivity index (χ3n) is 3.17. The Balaban J connectivity index is 2.36. The summed E-state index contributed by atoms with van der Waals surface area (Å²) in [6.07, 6.45) is 0. The number of amides is 1. The first-order chi connectivity index (χ1) is 9.40. The van der Waals surface area contributed by atoms with Gasteiger partial charge < -0.3 is 11.1 Å². The second-order valence-corrected chi connectivity index (χ2v) is 5.45. The number of nitrogens with one attached hydrogen (secondary N) is 1. The minimum atomic E-state index is -0.353. The average Bonchev–Trinajstić information content (AvgIpc) is 2.39. The van der Waals surface area contributed by atoms with Crippen molar-refractivity contribution in [3.8, 4) is 0 Å². The molecule has 2 aromatic rings. The van der Waals surface area contributed by atoms with Crippen molar-refractivity contribution in [2.75, 3.05) is 11.1 Å². The van der Waals surface area contributed by atoms with Crippen LogP contribution in [0.25, 0.3) is 0 Å². The Morgan fingerprint density at radius 1 is 1.25 bits per heavy atom. The summed E-state index contributed by atoms with van der Waals surface area (Å²) in [4.78, 5) is 12.3. The van der Waals surface area contributed by atoms with E-state index in [9.17, 15) is 9.18 Å². The molecule has 0 saturated carbocycles. The second-order valence-electron chi connectivity index (χ2n) is 4.53. The van der Waals surface area contributed by atoms with E-state index in [1.165, 1.54) is 6.07 Å². The molecule has 0 saturated heterocycles. The molecule has 104 valence electrons. The highest BCUT2D eigenvalue weighted by molar-refractivity contribution is 9.10. The summed E-state index contributed by atoms with van der Waals surface area (Å²) in [5, 5.41) is 2.71. The zero-order chi connectivity index (χ0) is 14.9. The molecule has 2 rings (SSSR count). The highest BCUT2D eigenvalue weighted by Gasteiger charge is 2.14. The maximum absolute atomic E-state index is 13.5. The van der Waals surface area contributed by atoms with E-state index < -0.39 is 0 Å². The van der Waals surface area contributed by atoms with E-state index in [1.807, 2.05) is 0 Å². The van der Waals surface area contributed by atoms with Gasteiger partial charge in [0, 0.05) is 27.0 Å². The average molecular weight is 337 g/mol. The number of anilines is 2. The molecule has 5 heteroatoms. The molecular formula is C15H14BrFN2O. The van der Waals surface area contributed by atoms with E-state index in [-0.39, 0.29) is 11.7 Å². The van der Waals surface area contributed by atoms with Gasteiger partial charge in [0.2, 0.25) is 0 Å². The minimum absolute atomic E-state index is 0.316. The smallest absolute Gasteiger partial charge is 0.256 e. The quantitative estimate of drug-likeness (QED) is 0.813. The van der Waals surface area contributed by atoms with Gasteiger partial charge in [0.05, 0.1) is 0 Å². The third kappa shape index (κ3) is 2.82. The van der Waals surface area contributed by atoms with Crippen LogP contribution in [0.4, 0.5) is 15.8 Å². The third-order valence-corrected chi connectivity index (χ3v) is 3.63. The Morgan fingerprint density at radius 2 is 1.95 bits per heavy atom.